The van der Waals surface area contributed by atoms with Crippen molar-refractivity contribution >= 4 is 35.7 Å². The number of pyridine rings is 2. The number of hydrogen-bond acceptors (Lipinski definition) is 2. The Labute approximate surface area is 221 Å². The van der Waals surface area contributed by atoms with Gasteiger partial charge in [0, 0.05) is 63.8 Å². The molecule has 3 heterocycles. The molecule has 0 spiro atoms. The zero-order valence-corrected chi connectivity index (χ0v) is 22.3. The molecule has 4 aromatic rings. The predicted molar refractivity (Wildman–Crippen MR) is 156 cm³/mol. The molecule has 1 aliphatic heterocycles. The standard InChI is InChI=1S/C33H36N4/c1-34(2)30-14-10-26(11-15-30)6-8-28-18-22-36-20-5-21-37-23-19-29(25-33(37)32(36)24-28)9-7-27-12-16-31(17-13-27)35(3)4/h6-19,22-25H,5,20-21H2,1-4H3/q+2. The van der Waals surface area contributed by atoms with Gasteiger partial charge < -0.3 is 9.80 Å². The molecule has 1 aliphatic rings. The van der Waals surface area contributed by atoms with Crippen molar-refractivity contribution in [2.24, 2.45) is 0 Å². The SMILES string of the molecule is CN(C)c1ccc(/C=C/c2cc[n+]3c(c2)-c2cc(/C=C/c4ccc(N(C)C)cc4)cc[n+]2CCC3)cc1. The summed E-state index contributed by atoms with van der Waals surface area (Å²) in [7, 11) is 8.27. The first-order valence-corrected chi connectivity index (χ1v) is 12.9. The number of rotatable bonds is 6. The lowest BCUT2D eigenvalue weighted by molar-refractivity contribution is -0.688. The molecule has 37 heavy (non-hydrogen) atoms. The average Bonchev–Trinajstić information content (AvgIpc) is 3.10. The van der Waals surface area contributed by atoms with Crippen molar-refractivity contribution < 1.29 is 9.13 Å². The number of aromatic nitrogens is 2. The Morgan fingerprint density at radius 1 is 0.514 bits per heavy atom. The van der Waals surface area contributed by atoms with E-state index in [0.29, 0.717) is 0 Å². The summed E-state index contributed by atoms with van der Waals surface area (Å²) < 4.78 is 4.77. The number of hydrogen-bond donors (Lipinski definition) is 0. The van der Waals surface area contributed by atoms with Crippen LogP contribution in [0.5, 0.6) is 0 Å². The van der Waals surface area contributed by atoms with Crippen LogP contribution in [0.3, 0.4) is 0 Å². The summed E-state index contributed by atoms with van der Waals surface area (Å²) in [6.45, 7) is 2.05. The largest absolute Gasteiger partial charge is 0.378 e. The lowest BCUT2D eigenvalue weighted by atomic mass is 10.1. The van der Waals surface area contributed by atoms with Gasteiger partial charge in [-0.15, -0.1) is 0 Å². The molecule has 5 rings (SSSR count). The van der Waals surface area contributed by atoms with Crippen LogP contribution in [0.25, 0.3) is 35.7 Å². The van der Waals surface area contributed by atoms with Crippen LogP contribution >= 0.6 is 0 Å². The molecule has 0 N–H and O–H groups in total. The summed E-state index contributed by atoms with van der Waals surface area (Å²) in [5.74, 6) is 0. The lowest BCUT2D eigenvalue weighted by Gasteiger charge is -2.11. The minimum Gasteiger partial charge on any atom is -0.378 e. The van der Waals surface area contributed by atoms with E-state index in [9.17, 15) is 0 Å². The van der Waals surface area contributed by atoms with Crippen LogP contribution in [0, 0.1) is 0 Å². The second-order valence-corrected chi connectivity index (χ2v) is 10.1. The Morgan fingerprint density at radius 2 is 0.892 bits per heavy atom. The van der Waals surface area contributed by atoms with Crippen LogP contribution in [0.2, 0.25) is 0 Å². The average molecular weight is 489 g/mol. The number of fused-ring (bicyclic) bond motifs is 3. The lowest BCUT2D eigenvalue weighted by Crippen LogP contribution is -2.37. The maximum atomic E-state index is 2.38. The van der Waals surface area contributed by atoms with Gasteiger partial charge in [-0.2, -0.15) is 9.13 Å². The highest BCUT2D eigenvalue weighted by Gasteiger charge is 2.27. The van der Waals surface area contributed by atoms with Crippen molar-refractivity contribution in [3.63, 3.8) is 0 Å². The second kappa shape index (κ2) is 10.8. The summed E-state index contributed by atoms with van der Waals surface area (Å²) in [5, 5.41) is 0. The minimum atomic E-state index is 1.02. The molecule has 0 saturated carbocycles. The monoisotopic (exact) mass is 488 g/mol. The zero-order valence-electron chi connectivity index (χ0n) is 22.3. The van der Waals surface area contributed by atoms with Crippen molar-refractivity contribution in [3.05, 3.63) is 107 Å². The molecular weight excluding hydrogens is 452 g/mol. The van der Waals surface area contributed by atoms with Gasteiger partial charge in [0.1, 0.15) is 0 Å². The van der Waals surface area contributed by atoms with Gasteiger partial charge in [-0.05, 0) is 46.5 Å². The van der Waals surface area contributed by atoms with Gasteiger partial charge in [-0.1, -0.05) is 48.6 Å². The molecular formula is C33H36N4+2. The van der Waals surface area contributed by atoms with Crippen molar-refractivity contribution in [3.8, 4) is 11.4 Å². The Kier molecular flexibility index (Phi) is 7.18. The quantitative estimate of drug-likeness (QED) is 0.318. The Morgan fingerprint density at radius 3 is 1.27 bits per heavy atom. The second-order valence-electron chi connectivity index (χ2n) is 10.1. The Balaban J connectivity index is 1.42. The minimum absolute atomic E-state index is 1.02. The molecule has 2 aromatic heterocycles. The summed E-state index contributed by atoms with van der Waals surface area (Å²) >= 11 is 0. The fourth-order valence-electron chi connectivity index (χ4n) is 4.69. The van der Waals surface area contributed by atoms with E-state index in [1.54, 1.807) is 0 Å². The van der Waals surface area contributed by atoms with Gasteiger partial charge >= 0.3 is 0 Å². The van der Waals surface area contributed by atoms with Gasteiger partial charge in [-0.3, -0.25) is 0 Å². The maximum Gasteiger partial charge on any atom is 0.277 e. The number of anilines is 2. The Bertz CT molecular complexity index is 1320. The van der Waals surface area contributed by atoms with E-state index >= 15 is 0 Å². The maximum absolute atomic E-state index is 2.38. The molecule has 0 fully saturated rings. The van der Waals surface area contributed by atoms with E-state index in [1.165, 1.54) is 45.0 Å². The molecule has 0 amide bonds. The first kappa shape index (κ1) is 24.5. The molecule has 186 valence electrons. The normalized spacial score (nSPS) is 12.9. The van der Waals surface area contributed by atoms with Crippen molar-refractivity contribution in [2.75, 3.05) is 38.0 Å². The molecule has 4 nitrogen and oxygen atoms in total. The first-order chi connectivity index (χ1) is 18.0. The fourth-order valence-corrected chi connectivity index (χ4v) is 4.69. The number of benzene rings is 2. The van der Waals surface area contributed by atoms with Crippen LogP contribution in [-0.2, 0) is 13.1 Å². The summed E-state index contributed by atoms with van der Waals surface area (Å²) in [6.07, 6.45) is 14.4. The van der Waals surface area contributed by atoms with Crippen LogP contribution in [0.4, 0.5) is 11.4 Å². The summed E-state index contributed by atoms with van der Waals surface area (Å²) in [5.41, 5.74) is 9.76. The highest BCUT2D eigenvalue weighted by molar-refractivity contribution is 5.73. The number of nitrogens with zero attached hydrogens (tertiary/aromatic N) is 4. The predicted octanol–water partition coefficient (Wildman–Crippen LogP) is 5.81. The van der Waals surface area contributed by atoms with Crippen LogP contribution < -0.4 is 18.9 Å². The highest BCUT2D eigenvalue weighted by Crippen LogP contribution is 2.21. The van der Waals surface area contributed by atoms with Gasteiger partial charge in [0.05, 0.1) is 6.42 Å². The van der Waals surface area contributed by atoms with Gasteiger partial charge in [0.2, 0.25) is 0 Å². The van der Waals surface area contributed by atoms with E-state index in [0.717, 1.165) is 19.5 Å². The zero-order chi connectivity index (χ0) is 25.8. The van der Waals surface area contributed by atoms with E-state index in [1.807, 2.05) is 0 Å². The molecule has 0 radical (unpaired) electrons. The highest BCUT2D eigenvalue weighted by atomic mass is 15.1. The van der Waals surface area contributed by atoms with Crippen molar-refractivity contribution in [1.82, 2.24) is 0 Å². The molecule has 0 saturated heterocycles. The van der Waals surface area contributed by atoms with Gasteiger partial charge in [0.15, 0.2) is 25.5 Å². The topological polar surface area (TPSA) is 14.2 Å². The third-order valence-corrected chi connectivity index (χ3v) is 6.94. The van der Waals surface area contributed by atoms with Crippen LogP contribution in [-0.4, -0.2) is 28.2 Å². The van der Waals surface area contributed by atoms with Crippen molar-refractivity contribution in [1.29, 1.82) is 0 Å². The van der Waals surface area contributed by atoms with E-state index in [-0.39, 0.29) is 0 Å². The molecule has 0 atom stereocenters. The van der Waals surface area contributed by atoms with Gasteiger partial charge in [-0.25, -0.2) is 0 Å². The first-order valence-electron chi connectivity index (χ1n) is 12.9. The van der Waals surface area contributed by atoms with Gasteiger partial charge in [0.25, 0.3) is 11.4 Å². The smallest absolute Gasteiger partial charge is 0.277 e. The third-order valence-electron chi connectivity index (χ3n) is 6.94. The number of aryl methyl sites for hydroxylation is 2. The fraction of sp³-hybridized carbons (Fsp3) is 0.212. The Hall–Kier alpha value is -4.18. The molecule has 0 aliphatic carbocycles. The van der Waals surface area contributed by atoms with Crippen molar-refractivity contribution in [2.45, 2.75) is 19.5 Å². The van der Waals surface area contributed by atoms with Crippen LogP contribution in [0.1, 0.15) is 28.7 Å². The molecule has 0 unspecified atom stereocenters. The summed E-state index contributed by atoms with van der Waals surface area (Å²) in [4.78, 5) is 4.24. The third kappa shape index (κ3) is 5.80. The summed E-state index contributed by atoms with van der Waals surface area (Å²) in [6, 6.07) is 26.4. The van der Waals surface area contributed by atoms with E-state index in [4.69, 9.17) is 0 Å². The molecule has 2 aromatic carbocycles. The van der Waals surface area contributed by atoms with Crippen LogP contribution in [0.15, 0.2) is 85.2 Å². The molecule has 4 heteroatoms. The van der Waals surface area contributed by atoms with E-state index < -0.39 is 0 Å². The van der Waals surface area contributed by atoms with E-state index in [2.05, 4.69) is 157 Å². The molecule has 0 bridgehead atoms.